The van der Waals surface area contributed by atoms with E-state index in [-0.39, 0.29) is 5.91 Å². The van der Waals surface area contributed by atoms with E-state index in [0.29, 0.717) is 12.3 Å². The molecule has 1 aliphatic rings. The van der Waals surface area contributed by atoms with Gasteiger partial charge in [0, 0.05) is 12.4 Å². The predicted molar refractivity (Wildman–Crippen MR) is 130 cm³/mol. The highest BCUT2D eigenvalue weighted by Gasteiger charge is 2.39. The van der Waals surface area contributed by atoms with E-state index in [2.05, 4.69) is 71.4 Å². The fourth-order valence-electron chi connectivity index (χ4n) is 4.84. The molecule has 166 valence electrons. The minimum Gasteiger partial charge on any atom is -0.369 e. The molecule has 32 heavy (non-hydrogen) atoms. The van der Waals surface area contributed by atoms with Gasteiger partial charge in [-0.3, -0.25) is 9.78 Å². The zero-order valence-corrected chi connectivity index (χ0v) is 18.9. The number of carbonyl (C=O) groups excluding carboxylic acids is 1. The van der Waals surface area contributed by atoms with E-state index >= 15 is 0 Å². The highest BCUT2D eigenvalue weighted by atomic mass is 16.1. The van der Waals surface area contributed by atoms with E-state index in [1.54, 1.807) is 12.4 Å². The standard InChI is InChI=1S/C28H33N3O/c1-22(24-7-3-2-4-8-24)12-17-31-18-13-28(14-19-31,27(29)32)21-23-6-5-9-26(20-23)25-10-15-30-16-11-25/h2-11,15-16,20,22H,12-14,17-19,21H2,1H3,(H2,29,32). The summed E-state index contributed by atoms with van der Waals surface area (Å²) in [6.07, 6.45) is 7.09. The lowest BCUT2D eigenvalue weighted by Gasteiger charge is -2.40. The number of hydrogen-bond acceptors (Lipinski definition) is 3. The molecule has 2 aromatic carbocycles. The highest BCUT2D eigenvalue weighted by Crippen LogP contribution is 2.36. The number of benzene rings is 2. The van der Waals surface area contributed by atoms with Crippen molar-refractivity contribution in [3.05, 3.63) is 90.3 Å². The third-order valence-electron chi connectivity index (χ3n) is 7.07. The molecule has 1 aliphatic heterocycles. The van der Waals surface area contributed by atoms with Crippen LogP contribution in [-0.2, 0) is 11.2 Å². The molecule has 2 heterocycles. The van der Waals surface area contributed by atoms with Gasteiger partial charge in [-0.2, -0.15) is 0 Å². The zero-order chi connectivity index (χ0) is 22.4. The van der Waals surface area contributed by atoms with Crippen LogP contribution in [-0.4, -0.2) is 35.4 Å². The molecular weight excluding hydrogens is 394 g/mol. The SMILES string of the molecule is CC(CCN1CCC(Cc2cccc(-c3ccncc3)c2)(C(N)=O)CC1)c1ccccc1. The van der Waals surface area contributed by atoms with Crippen molar-refractivity contribution in [1.82, 2.24) is 9.88 Å². The normalized spacial score (nSPS) is 17.0. The number of nitrogens with zero attached hydrogens (tertiary/aromatic N) is 2. The number of pyridine rings is 1. The molecule has 0 bridgehead atoms. The van der Waals surface area contributed by atoms with Gasteiger partial charge in [0.25, 0.3) is 0 Å². The van der Waals surface area contributed by atoms with Gasteiger partial charge in [-0.15, -0.1) is 0 Å². The van der Waals surface area contributed by atoms with Crippen LogP contribution in [0.4, 0.5) is 0 Å². The summed E-state index contributed by atoms with van der Waals surface area (Å²) in [5, 5.41) is 0. The molecule has 1 fully saturated rings. The Bertz CT molecular complexity index is 1010. The predicted octanol–water partition coefficient (Wildman–Crippen LogP) is 5.05. The number of amides is 1. The lowest BCUT2D eigenvalue weighted by molar-refractivity contribution is -0.130. The van der Waals surface area contributed by atoms with Crippen molar-refractivity contribution >= 4 is 5.91 Å². The first-order valence-corrected chi connectivity index (χ1v) is 11.6. The Hall–Kier alpha value is -2.98. The molecule has 1 aromatic heterocycles. The summed E-state index contributed by atoms with van der Waals surface area (Å²) >= 11 is 0. The molecule has 0 spiro atoms. The molecule has 4 nitrogen and oxygen atoms in total. The smallest absolute Gasteiger partial charge is 0.224 e. The van der Waals surface area contributed by atoms with E-state index in [1.165, 1.54) is 11.1 Å². The van der Waals surface area contributed by atoms with Crippen LogP contribution in [0.1, 0.15) is 43.2 Å². The Labute approximate surface area is 191 Å². The van der Waals surface area contributed by atoms with Crippen molar-refractivity contribution in [1.29, 1.82) is 0 Å². The summed E-state index contributed by atoms with van der Waals surface area (Å²) < 4.78 is 0. The fraction of sp³-hybridized carbons (Fsp3) is 0.357. The van der Waals surface area contributed by atoms with E-state index < -0.39 is 5.41 Å². The fourth-order valence-corrected chi connectivity index (χ4v) is 4.84. The van der Waals surface area contributed by atoms with Gasteiger partial charge in [-0.1, -0.05) is 61.5 Å². The van der Waals surface area contributed by atoms with Crippen LogP contribution in [0.3, 0.4) is 0 Å². The number of piperidine rings is 1. The minimum absolute atomic E-state index is 0.163. The number of rotatable bonds is 8. The summed E-state index contributed by atoms with van der Waals surface area (Å²) in [5.41, 5.74) is 10.4. The zero-order valence-electron chi connectivity index (χ0n) is 18.9. The molecule has 3 aromatic rings. The van der Waals surface area contributed by atoms with Crippen LogP contribution in [0.5, 0.6) is 0 Å². The summed E-state index contributed by atoms with van der Waals surface area (Å²) in [6, 6.07) is 23.2. The third-order valence-corrected chi connectivity index (χ3v) is 7.07. The molecular formula is C28H33N3O. The Morgan fingerprint density at radius 3 is 2.41 bits per heavy atom. The number of likely N-dealkylation sites (tertiary alicyclic amines) is 1. The summed E-state index contributed by atoms with van der Waals surface area (Å²) in [6.45, 7) is 5.20. The van der Waals surface area contributed by atoms with Crippen LogP contribution in [0, 0.1) is 5.41 Å². The Morgan fingerprint density at radius 2 is 1.72 bits per heavy atom. The summed E-state index contributed by atoms with van der Waals surface area (Å²) in [5.74, 6) is 0.374. The number of aromatic nitrogens is 1. The van der Waals surface area contributed by atoms with E-state index in [1.807, 2.05) is 12.1 Å². The number of hydrogen-bond donors (Lipinski definition) is 1. The van der Waals surface area contributed by atoms with Crippen LogP contribution in [0.15, 0.2) is 79.1 Å². The summed E-state index contributed by atoms with van der Waals surface area (Å²) in [4.78, 5) is 19.2. The molecule has 2 N–H and O–H groups in total. The molecule has 4 rings (SSSR count). The molecule has 4 heteroatoms. The Kier molecular flexibility index (Phi) is 7.01. The molecule has 1 saturated heterocycles. The van der Waals surface area contributed by atoms with Gasteiger partial charge in [-0.25, -0.2) is 0 Å². The first-order valence-electron chi connectivity index (χ1n) is 11.6. The Balaban J connectivity index is 1.38. The molecule has 0 radical (unpaired) electrons. The van der Waals surface area contributed by atoms with Gasteiger partial charge in [0.2, 0.25) is 5.91 Å². The van der Waals surface area contributed by atoms with Crippen molar-refractivity contribution in [3.8, 4) is 11.1 Å². The van der Waals surface area contributed by atoms with Crippen LogP contribution in [0.25, 0.3) is 11.1 Å². The average molecular weight is 428 g/mol. The van der Waals surface area contributed by atoms with E-state index in [9.17, 15) is 4.79 Å². The first-order chi connectivity index (χ1) is 15.6. The largest absolute Gasteiger partial charge is 0.369 e. The molecule has 1 unspecified atom stereocenters. The quantitative estimate of drug-likeness (QED) is 0.547. The van der Waals surface area contributed by atoms with E-state index in [4.69, 9.17) is 5.73 Å². The average Bonchev–Trinajstić information content (AvgIpc) is 2.84. The number of carbonyl (C=O) groups is 1. The van der Waals surface area contributed by atoms with Gasteiger partial charge in [0.05, 0.1) is 5.41 Å². The maximum atomic E-state index is 12.6. The maximum absolute atomic E-state index is 12.6. The van der Waals surface area contributed by atoms with Crippen LogP contribution in [0.2, 0.25) is 0 Å². The van der Waals surface area contributed by atoms with Gasteiger partial charge in [0.15, 0.2) is 0 Å². The lowest BCUT2D eigenvalue weighted by Crippen LogP contribution is -2.48. The number of nitrogens with two attached hydrogens (primary N) is 1. The van der Waals surface area contributed by atoms with Crippen molar-refractivity contribution in [2.75, 3.05) is 19.6 Å². The van der Waals surface area contributed by atoms with Gasteiger partial charge < -0.3 is 10.6 Å². The Morgan fingerprint density at radius 1 is 1.00 bits per heavy atom. The molecule has 1 atom stereocenters. The summed E-state index contributed by atoms with van der Waals surface area (Å²) in [7, 11) is 0. The van der Waals surface area contributed by atoms with Crippen molar-refractivity contribution in [2.24, 2.45) is 11.1 Å². The topological polar surface area (TPSA) is 59.2 Å². The highest BCUT2D eigenvalue weighted by molar-refractivity contribution is 5.81. The second kappa shape index (κ2) is 10.1. The maximum Gasteiger partial charge on any atom is 0.224 e. The van der Waals surface area contributed by atoms with Gasteiger partial charge in [-0.05, 0) is 85.6 Å². The number of primary amides is 1. The minimum atomic E-state index is -0.460. The second-order valence-corrected chi connectivity index (χ2v) is 9.20. The van der Waals surface area contributed by atoms with Gasteiger partial charge >= 0.3 is 0 Å². The van der Waals surface area contributed by atoms with Crippen molar-refractivity contribution in [2.45, 2.75) is 38.5 Å². The first kappa shape index (κ1) is 22.2. The van der Waals surface area contributed by atoms with Crippen molar-refractivity contribution in [3.63, 3.8) is 0 Å². The molecule has 0 saturated carbocycles. The third kappa shape index (κ3) is 5.25. The monoisotopic (exact) mass is 427 g/mol. The molecule has 1 amide bonds. The van der Waals surface area contributed by atoms with Gasteiger partial charge in [0.1, 0.15) is 0 Å². The lowest BCUT2D eigenvalue weighted by atomic mass is 9.73. The second-order valence-electron chi connectivity index (χ2n) is 9.20. The van der Waals surface area contributed by atoms with Crippen LogP contribution >= 0.6 is 0 Å². The van der Waals surface area contributed by atoms with E-state index in [0.717, 1.165) is 50.0 Å². The van der Waals surface area contributed by atoms with Crippen LogP contribution < -0.4 is 5.73 Å². The molecule has 0 aliphatic carbocycles. The van der Waals surface area contributed by atoms with Crippen molar-refractivity contribution < 1.29 is 4.79 Å².